The third-order valence-electron chi connectivity index (χ3n) is 3.36. The summed E-state index contributed by atoms with van der Waals surface area (Å²) in [6.07, 6.45) is 6.04. The molecule has 0 fully saturated rings. The molecule has 3 heteroatoms. The number of aromatic amines is 1. The average Bonchev–Trinajstić information content (AvgIpc) is 2.76. The molecule has 0 amide bonds. The lowest BCUT2D eigenvalue weighted by molar-refractivity contribution is 0.725. The van der Waals surface area contributed by atoms with Gasteiger partial charge in [-0.15, -0.1) is 0 Å². The fourth-order valence-corrected chi connectivity index (χ4v) is 2.42. The quantitative estimate of drug-likeness (QED) is 0.687. The number of rotatable bonds is 4. The average molecular weight is 239 g/mol. The molecule has 3 rings (SSSR count). The van der Waals surface area contributed by atoms with Gasteiger partial charge in [0.15, 0.2) is 0 Å². The number of fused-ring (bicyclic) bond motifs is 3. The van der Waals surface area contributed by atoms with Crippen LogP contribution in [0.4, 0.5) is 0 Å². The summed E-state index contributed by atoms with van der Waals surface area (Å²) >= 11 is 0. The second-order valence-electron chi connectivity index (χ2n) is 4.63. The van der Waals surface area contributed by atoms with E-state index in [0.29, 0.717) is 0 Å². The number of H-pyrrole nitrogens is 1. The van der Waals surface area contributed by atoms with E-state index in [2.05, 4.69) is 33.5 Å². The van der Waals surface area contributed by atoms with E-state index in [1.54, 1.807) is 0 Å². The minimum atomic E-state index is 1.06. The molecule has 0 aliphatic heterocycles. The summed E-state index contributed by atoms with van der Waals surface area (Å²) in [6, 6.07) is 8.70. The van der Waals surface area contributed by atoms with E-state index in [0.717, 1.165) is 18.5 Å². The summed E-state index contributed by atoms with van der Waals surface area (Å²) in [7, 11) is 1.99. The molecule has 3 aromatic rings. The Bertz CT molecular complexity index is 670. The van der Waals surface area contributed by atoms with E-state index in [9.17, 15) is 0 Å². The predicted molar refractivity (Wildman–Crippen MR) is 75.8 cm³/mol. The molecule has 0 saturated carbocycles. The highest BCUT2D eigenvalue weighted by molar-refractivity contribution is 6.06. The molecule has 0 unspecified atom stereocenters. The highest BCUT2D eigenvalue weighted by Crippen LogP contribution is 2.25. The number of pyridine rings is 1. The first-order valence-corrected chi connectivity index (χ1v) is 6.37. The van der Waals surface area contributed by atoms with Crippen LogP contribution in [0, 0.1) is 0 Å². The maximum Gasteiger partial charge on any atom is 0.0495 e. The lowest BCUT2D eigenvalue weighted by Gasteiger charge is -2.01. The number of benzene rings is 1. The van der Waals surface area contributed by atoms with Crippen molar-refractivity contribution in [1.29, 1.82) is 0 Å². The van der Waals surface area contributed by atoms with Crippen LogP contribution in [0.3, 0.4) is 0 Å². The van der Waals surface area contributed by atoms with Gasteiger partial charge in [0.25, 0.3) is 0 Å². The van der Waals surface area contributed by atoms with Crippen LogP contribution in [-0.4, -0.2) is 23.6 Å². The number of aromatic nitrogens is 2. The predicted octanol–water partition coefficient (Wildman–Crippen LogP) is 2.87. The number of hydrogen-bond donors (Lipinski definition) is 2. The van der Waals surface area contributed by atoms with Crippen molar-refractivity contribution in [3.63, 3.8) is 0 Å². The normalized spacial score (nSPS) is 11.4. The van der Waals surface area contributed by atoms with E-state index in [1.807, 2.05) is 25.5 Å². The molecule has 0 aliphatic carbocycles. The van der Waals surface area contributed by atoms with Gasteiger partial charge in [0.1, 0.15) is 0 Å². The van der Waals surface area contributed by atoms with Gasteiger partial charge < -0.3 is 10.3 Å². The van der Waals surface area contributed by atoms with Crippen molar-refractivity contribution in [2.75, 3.05) is 13.6 Å². The first-order valence-electron chi connectivity index (χ1n) is 6.37. The molecule has 0 saturated heterocycles. The first-order chi connectivity index (χ1) is 8.88. The lowest BCUT2D eigenvalue weighted by Crippen LogP contribution is -2.08. The molecule has 2 N–H and O–H groups in total. The maximum atomic E-state index is 4.19. The number of aryl methyl sites for hydroxylation is 1. The zero-order valence-corrected chi connectivity index (χ0v) is 10.5. The van der Waals surface area contributed by atoms with Crippen LogP contribution in [0.5, 0.6) is 0 Å². The molecular weight excluding hydrogens is 222 g/mol. The van der Waals surface area contributed by atoms with Crippen molar-refractivity contribution in [2.24, 2.45) is 0 Å². The minimum Gasteiger partial charge on any atom is -0.354 e. The fourth-order valence-electron chi connectivity index (χ4n) is 2.42. The second kappa shape index (κ2) is 4.78. The van der Waals surface area contributed by atoms with Crippen molar-refractivity contribution in [1.82, 2.24) is 15.3 Å². The Morgan fingerprint density at radius 3 is 3.00 bits per heavy atom. The molecular formula is C15H17N3. The van der Waals surface area contributed by atoms with Crippen molar-refractivity contribution < 1.29 is 0 Å². The van der Waals surface area contributed by atoms with Crippen LogP contribution in [0.2, 0.25) is 0 Å². The molecule has 3 nitrogen and oxygen atoms in total. The van der Waals surface area contributed by atoms with E-state index in [1.165, 1.54) is 28.3 Å². The van der Waals surface area contributed by atoms with Gasteiger partial charge in [-0.1, -0.05) is 12.1 Å². The number of hydrogen-bond acceptors (Lipinski definition) is 2. The SMILES string of the molecule is CNCCCc1ccc2c(c1)[nH]c1ccncc12. The van der Waals surface area contributed by atoms with Crippen LogP contribution in [0.15, 0.2) is 36.7 Å². The van der Waals surface area contributed by atoms with Crippen molar-refractivity contribution >= 4 is 21.8 Å². The fraction of sp³-hybridized carbons (Fsp3) is 0.267. The Labute approximate surface area is 106 Å². The highest BCUT2D eigenvalue weighted by atomic mass is 14.8. The molecule has 0 spiro atoms. The van der Waals surface area contributed by atoms with Gasteiger partial charge >= 0.3 is 0 Å². The van der Waals surface area contributed by atoms with Crippen molar-refractivity contribution in [3.05, 3.63) is 42.2 Å². The van der Waals surface area contributed by atoms with Gasteiger partial charge in [0.05, 0.1) is 0 Å². The largest absolute Gasteiger partial charge is 0.354 e. The van der Waals surface area contributed by atoms with Crippen LogP contribution >= 0.6 is 0 Å². The Kier molecular flexibility index (Phi) is 2.99. The van der Waals surface area contributed by atoms with E-state index < -0.39 is 0 Å². The van der Waals surface area contributed by atoms with Gasteiger partial charge in [0, 0.05) is 34.2 Å². The molecule has 2 aromatic heterocycles. The van der Waals surface area contributed by atoms with Crippen LogP contribution < -0.4 is 5.32 Å². The Morgan fingerprint density at radius 2 is 2.11 bits per heavy atom. The summed E-state index contributed by atoms with van der Waals surface area (Å²) in [5, 5.41) is 5.64. The standard InChI is InChI=1S/C15H17N3/c1-16-7-2-3-11-4-5-12-13-10-17-8-6-14(13)18-15(12)9-11/h4-6,8-10,16,18H,2-3,7H2,1H3. The highest BCUT2D eigenvalue weighted by Gasteiger charge is 2.04. The topological polar surface area (TPSA) is 40.7 Å². The molecule has 18 heavy (non-hydrogen) atoms. The Morgan fingerprint density at radius 1 is 1.17 bits per heavy atom. The smallest absolute Gasteiger partial charge is 0.0495 e. The van der Waals surface area contributed by atoms with Crippen molar-refractivity contribution in [3.8, 4) is 0 Å². The molecule has 2 heterocycles. The monoisotopic (exact) mass is 239 g/mol. The third-order valence-corrected chi connectivity index (χ3v) is 3.36. The summed E-state index contributed by atoms with van der Waals surface area (Å²) < 4.78 is 0. The molecule has 0 atom stereocenters. The summed E-state index contributed by atoms with van der Waals surface area (Å²) in [4.78, 5) is 7.64. The van der Waals surface area contributed by atoms with E-state index in [-0.39, 0.29) is 0 Å². The van der Waals surface area contributed by atoms with Gasteiger partial charge in [0.2, 0.25) is 0 Å². The zero-order chi connectivity index (χ0) is 12.4. The molecule has 1 aromatic carbocycles. The van der Waals surface area contributed by atoms with Crippen LogP contribution in [0.25, 0.3) is 21.8 Å². The van der Waals surface area contributed by atoms with Gasteiger partial charge in [-0.25, -0.2) is 0 Å². The first kappa shape index (κ1) is 11.2. The molecule has 0 bridgehead atoms. The maximum absolute atomic E-state index is 4.19. The second-order valence-corrected chi connectivity index (χ2v) is 4.63. The summed E-state index contributed by atoms with van der Waals surface area (Å²) in [5.41, 5.74) is 3.75. The molecule has 0 aliphatic rings. The van der Waals surface area contributed by atoms with Gasteiger partial charge in [-0.2, -0.15) is 0 Å². The number of nitrogens with zero attached hydrogens (tertiary/aromatic N) is 1. The Balaban J connectivity index is 1.99. The van der Waals surface area contributed by atoms with E-state index in [4.69, 9.17) is 0 Å². The molecule has 92 valence electrons. The summed E-state index contributed by atoms with van der Waals surface area (Å²) in [6.45, 7) is 1.06. The van der Waals surface area contributed by atoms with Crippen LogP contribution in [-0.2, 0) is 6.42 Å². The van der Waals surface area contributed by atoms with Crippen molar-refractivity contribution in [2.45, 2.75) is 12.8 Å². The number of nitrogens with one attached hydrogen (secondary N) is 2. The lowest BCUT2D eigenvalue weighted by atomic mass is 10.1. The van der Waals surface area contributed by atoms with Crippen LogP contribution in [0.1, 0.15) is 12.0 Å². The zero-order valence-electron chi connectivity index (χ0n) is 10.5. The van der Waals surface area contributed by atoms with Gasteiger partial charge in [-0.05, 0) is 44.1 Å². The van der Waals surface area contributed by atoms with Gasteiger partial charge in [-0.3, -0.25) is 4.98 Å². The summed E-state index contributed by atoms with van der Waals surface area (Å²) in [5.74, 6) is 0. The minimum absolute atomic E-state index is 1.06. The Hall–Kier alpha value is -1.87. The third kappa shape index (κ3) is 1.97. The van der Waals surface area contributed by atoms with E-state index >= 15 is 0 Å². The molecule has 0 radical (unpaired) electrons.